The predicted molar refractivity (Wildman–Crippen MR) is 81.5 cm³/mol. The molecule has 7 heteroatoms. The van der Waals surface area contributed by atoms with E-state index in [4.69, 9.17) is 9.47 Å². The Morgan fingerprint density at radius 1 is 1.04 bits per heavy atom. The maximum absolute atomic E-state index is 12.5. The molecule has 1 aromatic heterocycles. The number of hydrogen-bond acceptors (Lipinski definition) is 4. The molecule has 0 radical (unpaired) electrons. The number of alkyl halides is 3. The summed E-state index contributed by atoms with van der Waals surface area (Å²) in [5.74, 6) is 0.523. The first-order valence-corrected chi connectivity index (χ1v) is 7.58. The summed E-state index contributed by atoms with van der Waals surface area (Å²) < 4.78 is 49.2. The van der Waals surface area contributed by atoms with Gasteiger partial charge in [-0.15, -0.1) is 0 Å². The number of halogens is 3. The quantitative estimate of drug-likeness (QED) is 0.910. The molecule has 0 amide bonds. The first-order valence-electron chi connectivity index (χ1n) is 7.58. The summed E-state index contributed by atoms with van der Waals surface area (Å²) in [5.41, 5.74) is 0.0247. The van der Waals surface area contributed by atoms with Gasteiger partial charge in [0.05, 0.1) is 12.2 Å². The fraction of sp³-hybridized carbons (Fsp3) is 0.353. The van der Waals surface area contributed by atoms with E-state index in [1.54, 1.807) is 18.3 Å². The van der Waals surface area contributed by atoms with Crippen molar-refractivity contribution in [3.8, 4) is 5.88 Å². The molecular formula is C17H17F3N2O2. The topological polar surface area (TPSA) is 43.4 Å². The summed E-state index contributed by atoms with van der Waals surface area (Å²) >= 11 is 0. The molecule has 1 saturated heterocycles. The molecule has 2 atom stereocenters. The molecule has 2 aromatic rings. The third-order valence-electron chi connectivity index (χ3n) is 3.76. The smallest absolute Gasteiger partial charge is 0.416 e. The van der Waals surface area contributed by atoms with Crippen LogP contribution in [0.2, 0.25) is 0 Å². The predicted octanol–water partition coefficient (Wildman–Crippen LogP) is 3.04. The zero-order chi connectivity index (χ0) is 17.0. The van der Waals surface area contributed by atoms with E-state index in [2.05, 4.69) is 10.3 Å². The van der Waals surface area contributed by atoms with Gasteiger partial charge in [-0.05, 0) is 23.8 Å². The van der Waals surface area contributed by atoms with Gasteiger partial charge in [-0.2, -0.15) is 13.2 Å². The minimum absolute atomic E-state index is 0.186. The molecule has 1 aromatic carbocycles. The summed E-state index contributed by atoms with van der Waals surface area (Å²) in [4.78, 5) is 4.12. The molecule has 1 fully saturated rings. The summed E-state index contributed by atoms with van der Waals surface area (Å²) in [6, 6.07) is 10.4. The standard InChI is InChI=1S/C17H17F3N2O2/c18-17(19,20)13-6-4-12(5-7-13)11-23-14-9-21-10-15(14)24-16-3-1-2-8-22-16/h1-8,14-15,21H,9-11H2. The lowest BCUT2D eigenvalue weighted by molar-refractivity contribution is -0.137. The highest BCUT2D eigenvalue weighted by molar-refractivity contribution is 5.24. The van der Waals surface area contributed by atoms with Gasteiger partial charge in [-0.3, -0.25) is 0 Å². The summed E-state index contributed by atoms with van der Waals surface area (Å²) in [6.07, 6.45) is -3.05. The van der Waals surface area contributed by atoms with Crippen molar-refractivity contribution in [2.45, 2.75) is 25.0 Å². The molecule has 3 rings (SSSR count). The number of ether oxygens (including phenoxy) is 2. The van der Waals surface area contributed by atoms with E-state index in [1.807, 2.05) is 6.07 Å². The number of nitrogens with zero attached hydrogens (tertiary/aromatic N) is 1. The Balaban J connectivity index is 1.55. The van der Waals surface area contributed by atoms with E-state index in [1.165, 1.54) is 12.1 Å². The molecule has 128 valence electrons. The second kappa shape index (κ2) is 7.19. The highest BCUT2D eigenvalue weighted by atomic mass is 19.4. The van der Waals surface area contributed by atoms with E-state index >= 15 is 0 Å². The number of nitrogens with one attached hydrogen (secondary N) is 1. The van der Waals surface area contributed by atoms with Gasteiger partial charge in [-0.1, -0.05) is 18.2 Å². The van der Waals surface area contributed by atoms with Gasteiger partial charge in [-0.25, -0.2) is 4.98 Å². The van der Waals surface area contributed by atoms with Crippen molar-refractivity contribution in [1.82, 2.24) is 10.3 Å². The average Bonchev–Trinajstić information content (AvgIpc) is 3.00. The van der Waals surface area contributed by atoms with Crippen LogP contribution >= 0.6 is 0 Å². The second-order valence-electron chi connectivity index (χ2n) is 5.53. The molecule has 24 heavy (non-hydrogen) atoms. The number of aromatic nitrogens is 1. The fourth-order valence-electron chi connectivity index (χ4n) is 2.48. The van der Waals surface area contributed by atoms with Crippen LogP contribution < -0.4 is 10.1 Å². The van der Waals surface area contributed by atoms with Crippen molar-refractivity contribution in [3.63, 3.8) is 0 Å². The molecule has 0 bridgehead atoms. The molecule has 0 saturated carbocycles. The van der Waals surface area contributed by atoms with Crippen LogP contribution in [0.15, 0.2) is 48.7 Å². The maximum Gasteiger partial charge on any atom is 0.416 e. The minimum atomic E-state index is -4.32. The lowest BCUT2D eigenvalue weighted by Crippen LogP contribution is -2.32. The third kappa shape index (κ3) is 4.24. The van der Waals surface area contributed by atoms with Gasteiger partial charge in [0.1, 0.15) is 12.2 Å². The van der Waals surface area contributed by atoms with E-state index in [9.17, 15) is 13.2 Å². The SMILES string of the molecule is FC(F)(F)c1ccc(COC2CNCC2Oc2ccccn2)cc1. The van der Waals surface area contributed by atoms with Crippen molar-refractivity contribution in [3.05, 3.63) is 59.8 Å². The number of pyridine rings is 1. The normalized spacial score (nSPS) is 21.0. The lowest BCUT2D eigenvalue weighted by Gasteiger charge is -2.20. The average molecular weight is 338 g/mol. The van der Waals surface area contributed by atoms with Crippen LogP contribution in [0.25, 0.3) is 0 Å². The number of benzene rings is 1. The summed E-state index contributed by atoms with van der Waals surface area (Å²) in [7, 11) is 0. The summed E-state index contributed by atoms with van der Waals surface area (Å²) in [6.45, 7) is 1.49. The number of hydrogen-bond donors (Lipinski definition) is 1. The van der Waals surface area contributed by atoms with Gasteiger partial charge in [0.15, 0.2) is 0 Å². The highest BCUT2D eigenvalue weighted by Crippen LogP contribution is 2.29. The highest BCUT2D eigenvalue weighted by Gasteiger charge is 2.31. The molecule has 4 nitrogen and oxygen atoms in total. The van der Waals surface area contributed by atoms with Crippen molar-refractivity contribution in [2.75, 3.05) is 13.1 Å². The maximum atomic E-state index is 12.5. The van der Waals surface area contributed by atoms with Gasteiger partial charge in [0.2, 0.25) is 5.88 Å². The van der Waals surface area contributed by atoms with E-state index in [0.29, 0.717) is 24.5 Å². The molecule has 2 heterocycles. The van der Waals surface area contributed by atoms with Crippen LogP contribution in [-0.4, -0.2) is 30.3 Å². The molecule has 1 N–H and O–H groups in total. The largest absolute Gasteiger partial charge is 0.470 e. The molecule has 0 aliphatic carbocycles. The Hall–Kier alpha value is -2.12. The van der Waals surface area contributed by atoms with Crippen LogP contribution in [0.4, 0.5) is 13.2 Å². The van der Waals surface area contributed by atoms with Gasteiger partial charge < -0.3 is 14.8 Å². The molecular weight excluding hydrogens is 321 g/mol. The summed E-state index contributed by atoms with van der Waals surface area (Å²) in [5, 5.41) is 3.18. The van der Waals surface area contributed by atoms with Gasteiger partial charge in [0.25, 0.3) is 0 Å². The van der Waals surface area contributed by atoms with Gasteiger partial charge in [0, 0.05) is 25.4 Å². The monoisotopic (exact) mass is 338 g/mol. The van der Waals surface area contributed by atoms with Crippen molar-refractivity contribution < 1.29 is 22.6 Å². The van der Waals surface area contributed by atoms with Crippen LogP contribution in [0, 0.1) is 0 Å². The third-order valence-corrected chi connectivity index (χ3v) is 3.76. The molecule has 0 spiro atoms. The minimum Gasteiger partial charge on any atom is -0.470 e. The van der Waals surface area contributed by atoms with Crippen LogP contribution in [-0.2, 0) is 17.5 Å². The van der Waals surface area contributed by atoms with Gasteiger partial charge >= 0.3 is 6.18 Å². The first kappa shape index (κ1) is 16.7. The molecule has 2 unspecified atom stereocenters. The molecule has 1 aliphatic rings. The molecule has 1 aliphatic heterocycles. The van der Waals surface area contributed by atoms with Crippen molar-refractivity contribution in [1.29, 1.82) is 0 Å². The van der Waals surface area contributed by atoms with E-state index in [-0.39, 0.29) is 18.8 Å². The Bertz CT molecular complexity index is 647. The van der Waals surface area contributed by atoms with E-state index < -0.39 is 11.7 Å². The van der Waals surface area contributed by atoms with Crippen LogP contribution in [0.1, 0.15) is 11.1 Å². The van der Waals surface area contributed by atoms with Crippen LogP contribution in [0.3, 0.4) is 0 Å². The Morgan fingerprint density at radius 2 is 1.79 bits per heavy atom. The Labute approximate surface area is 137 Å². The Morgan fingerprint density at radius 3 is 2.46 bits per heavy atom. The van der Waals surface area contributed by atoms with E-state index in [0.717, 1.165) is 12.1 Å². The van der Waals surface area contributed by atoms with Crippen LogP contribution in [0.5, 0.6) is 5.88 Å². The number of rotatable bonds is 5. The first-order chi connectivity index (χ1) is 11.5. The fourth-order valence-corrected chi connectivity index (χ4v) is 2.48. The Kier molecular flexibility index (Phi) is 5.01. The van der Waals surface area contributed by atoms with Crippen molar-refractivity contribution in [2.24, 2.45) is 0 Å². The zero-order valence-electron chi connectivity index (χ0n) is 12.8. The lowest BCUT2D eigenvalue weighted by atomic mass is 10.1. The second-order valence-corrected chi connectivity index (χ2v) is 5.53. The van der Waals surface area contributed by atoms with Crippen molar-refractivity contribution >= 4 is 0 Å². The zero-order valence-corrected chi connectivity index (χ0v) is 12.8.